The molecular weight excluding hydrogens is 254 g/mol. The number of halogens is 1. The summed E-state index contributed by atoms with van der Waals surface area (Å²) in [4.78, 5) is 11.0. The first kappa shape index (κ1) is 12.3. The van der Waals surface area contributed by atoms with Gasteiger partial charge in [-0.25, -0.2) is 0 Å². The fourth-order valence-electron chi connectivity index (χ4n) is 1.27. The summed E-state index contributed by atoms with van der Waals surface area (Å²) < 4.78 is 5.39. The van der Waals surface area contributed by atoms with Gasteiger partial charge in [0.25, 0.3) is 0 Å². The van der Waals surface area contributed by atoms with Crippen molar-refractivity contribution in [3.63, 3.8) is 0 Å². The lowest BCUT2D eigenvalue weighted by Crippen LogP contribution is -2.20. The number of carbonyl (C=O) groups excluding carboxylic acids is 1. The van der Waals surface area contributed by atoms with Crippen molar-refractivity contribution < 1.29 is 9.21 Å². The van der Waals surface area contributed by atoms with Gasteiger partial charge in [0.1, 0.15) is 0 Å². The molecule has 0 spiro atoms. The molecular formula is C12H10ClN3O2. The van der Waals surface area contributed by atoms with Crippen LogP contribution in [0.2, 0.25) is 5.02 Å². The highest BCUT2D eigenvalue weighted by atomic mass is 35.5. The number of amides is 1. The Morgan fingerprint density at radius 3 is 2.78 bits per heavy atom. The van der Waals surface area contributed by atoms with Gasteiger partial charge < -0.3 is 9.73 Å². The lowest BCUT2D eigenvalue weighted by molar-refractivity contribution is -0.116. The van der Waals surface area contributed by atoms with Gasteiger partial charge in [0, 0.05) is 10.6 Å². The van der Waals surface area contributed by atoms with Crippen molar-refractivity contribution >= 4 is 17.5 Å². The van der Waals surface area contributed by atoms with Gasteiger partial charge in [-0.3, -0.25) is 4.79 Å². The van der Waals surface area contributed by atoms with Crippen molar-refractivity contribution in [2.75, 3.05) is 0 Å². The topological polar surface area (TPSA) is 68.0 Å². The first-order chi connectivity index (χ1) is 8.69. The Labute approximate surface area is 108 Å². The fourth-order valence-corrected chi connectivity index (χ4v) is 1.40. The SMILES string of the molecule is C=CC(=O)NCc1nnc(-c2ccc(Cl)cc2)o1. The molecule has 0 radical (unpaired) electrons. The van der Waals surface area contributed by atoms with E-state index in [9.17, 15) is 4.79 Å². The highest BCUT2D eigenvalue weighted by Gasteiger charge is 2.08. The molecule has 0 aliphatic carbocycles. The zero-order valence-electron chi connectivity index (χ0n) is 9.39. The summed E-state index contributed by atoms with van der Waals surface area (Å²) in [6.07, 6.45) is 1.18. The van der Waals surface area contributed by atoms with Crippen LogP contribution in [0.3, 0.4) is 0 Å². The minimum absolute atomic E-state index is 0.172. The molecule has 1 aromatic carbocycles. The molecule has 0 atom stereocenters. The summed E-state index contributed by atoms with van der Waals surface area (Å²) >= 11 is 5.78. The van der Waals surface area contributed by atoms with E-state index in [-0.39, 0.29) is 12.5 Å². The number of rotatable bonds is 4. The van der Waals surface area contributed by atoms with E-state index in [1.54, 1.807) is 24.3 Å². The molecule has 1 aromatic heterocycles. The van der Waals surface area contributed by atoms with E-state index < -0.39 is 0 Å². The summed E-state index contributed by atoms with van der Waals surface area (Å²) in [7, 11) is 0. The Balaban J connectivity index is 2.08. The monoisotopic (exact) mass is 263 g/mol. The molecule has 1 amide bonds. The molecule has 0 saturated heterocycles. The molecule has 1 heterocycles. The second kappa shape index (κ2) is 5.46. The van der Waals surface area contributed by atoms with Crippen LogP contribution >= 0.6 is 11.6 Å². The molecule has 0 aliphatic heterocycles. The molecule has 2 rings (SSSR count). The summed E-state index contributed by atoms with van der Waals surface area (Å²) in [6.45, 7) is 3.51. The maximum atomic E-state index is 11.0. The van der Waals surface area contributed by atoms with Crippen LogP contribution in [0.1, 0.15) is 5.89 Å². The third-order valence-electron chi connectivity index (χ3n) is 2.16. The highest BCUT2D eigenvalue weighted by molar-refractivity contribution is 6.30. The lowest BCUT2D eigenvalue weighted by Gasteiger charge is -1.96. The van der Waals surface area contributed by atoms with Crippen molar-refractivity contribution in [2.24, 2.45) is 0 Å². The average molecular weight is 264 g/mol. The van der Waals surface area contributed by atoms with E-state index in [0.29, 0.717) is 16.8 Å². The zero-order valence-corrected chi connectivity index (χ0v) is 10.1. The number of nitrogens with zero attached hydrogens (tertiary/aromatic N) is 2. The molecule has 0 fully saturated rings. The standard InChI is InChI=1S/C12H10ClN3O2/c1-2-10(17)14-7-11-15-16-12(18-11)8-3-5-9(13)6-4-8/h2-6H,1,7H2,(H,14,17). The van der Waals surface area contributed by atoms with E-state index in [2.05, 4.69) is 22.1 Å². The molecule has 92 valence electrons. The van der Waals surface area contributed by atoms with Crippen LogP contribution in [-0.2, 0) is 11.3 Å². The van der Waals surface area contributed by atoms with Gasteiger partial charge in [-0.05, 0) is 30.3 Å². The summed E-state index contributed by atoms with van der Waals surface area (Å²) in [5, 5.41) is 10.9. The highest BCUT2D eigenvalue weighted by Crippen LogP contribution is 2.19. The van der Waals surface area contributed by atoms with Gasteiger partial charge in [0.15, 0.2) is 0 Å². The van der Waals surface area contributed by atoms with Crippen molar-refractivity contribution in [3.05, 3.63) is 47.8 Å². The van der Waals surface area contributed by atoms with Crippen molar-refractivity contribution in [3.8, 4) is 11.5 Å². The molecule has 0 bridgehead atoms. The molecule has 0 saturated carbocycles. The minimum Gasteiger partial charge on any atom is -0.419 e. The van der Waals surface area contributed by atoms with E-state index >= 15 is 0 Å². The first-order valence-corrected chi connectivity index (χ1v) is 5.55. The van der Waals surface area contributed by atoms with Crippen LogP contribution in [0.15, 0.2) is 41.3 Å². The lowest BCUT2D eigenvalue weighted by atomic mass is 10.2. The Kier molecular flexibility index (Phi) is 3.74. The maximum Gasteiger partial charge on any atom is 0.247 e. The summed E-state index contributed by atoms with van der Waals surface area (Å²) in [5.74, 6) is 0.422. The van der Waals surface area contributed by atoms with E-state index in [1.165, 1.54) is 6.08 Å². The normalized spacial score (nSPS) is 10.1. The van der Waals surface area contributed by atoms with Crippen LogP contribution in [0.5, 0.6) is 0 Å². The molecule has 6 heteroatoms. The third-order valence-corrected chi connectivity index (χ3v) is 2.41. The number of carbonyl (C=O) groups is 1. The fraction of sp³-hybridized carbons (Fsp3) is 0.0833. The minimum atomic E-state index is -0.291. The quantitative estimate of drug-likeness (QED) is 0.859. The average Bonchev–Trinajstić information content (AvgIpc) is 2.85. The van der Waals surface area contributed by atoms with Crippen molar-refractivity contribution in [1.82, 2.24) is 15.5 Å². The second-order valence-corrected chi connectivity index (χ2v) is 3.87. The number of hydrogen-bond acceptors (Lipinski definition) is 4. The summed E-state index contributed by atoms with van der Waals surface area (Å²) in [6, 6.07) is 7.03. The predicted octanol–water partition coefficient (Wildman–Crippen LogP) is 2.19. The Morgan fingerprint density at radius 2 is 2.11 bits per heavy atom. The molecule has 1 N–H and O–H groups in total. The van der Waals surface area contributed by atoms with Gasteiger partial charge in [-0.15, -0.1) is 10.2 Å². The predicted molar refractivity (Wildman–Crippen MR) is 66.8 cm³/mol. The Hall–Kier alpha value is -2.14. The molecule has 18 heavy (non-hydrogen) atoms. The zero-order chi connectivity index (χ0) is 13.0. The molecule has 0 aliphatic rings. The first-order valence-electron chi connectivity index (χ1n) is 5.17. The van der Waals surface area contributed by atoms with Gasteiger partial charge in [-0.2, -0.15) is 0 Å². The van der Waals surface area contributed by atoms with Gasteiger partial charge in [-0.1, -0.05) is 18.2 Å². The third kappa shape index (κ3) is 2.95. The van der Waals surface area contributed by atoms with Crippen molar-refractivity contribution in [2.45, 2.75) is 6.54 Å². The summed E-state index contributed by atoms with van der Waals surface area (Å²) in [5.41, 5.74) is 0.771. The maximum absolute atomic E-state index is 11.0. The number of nitrogens with one attached hydrogen (secondary N) is 1. The molecule has 5 nitrogen and oxygen atoms in total. The van der Waals surface area contributed by atoms with Crippen LogP contribution < -0.4 is 5.32 Å². The van der Waals surface area contributed by atoms with Crippen LogP contribution in [-0.4, -0.2) is 16.1 Å². The van der Waals surface area contributed by atoms with Crippen molar-refractivity contribution in [1.29, 1.82) is 0 Å². The van der Waals surface area contributed by atoms with Gasteiger partial charge in [0.2, 0.25) is 17.7 Å². The van der Waals surface area contributed by atoms with E-state index in [4.69, 9.17) is 16.0 Å². The van der Waals surface area contributed by atoms with Crippen LogP contribution in [0.4, 0.5) is 0 Å². The number of hydrogen-bond donors (Lipinski definition) is 1. The Bertz CT molecular complexity index is 563. The van der Waals surface area contributed by atoms with Gasteiger partial charge >= 0.3 is 0 Å². The van der Waals surface area contributed by atoms with E-state index in [1.807, 2.05) is 0 Å². The Morgan fingerprint density at radius 1 is 1.39 bits per heavy atom. The van der Waals surface area contributed by atoms with E-state index in [0.717, 1.165) is 5.56 Å². The second-order valence-electron chi connectivity index (χ2n) is 3.43. The molecule has 2 aromatic rings. The largest absolute Gasteiger partial charge is 0.419 e. The van der Waals surface area contributed by atoms with Crippen LogP contribution in [0.25, 0.3) is 11.5 Å². The molecule has 0 unspecified atom stereocenters. The van der Waals surface area contributed by atoms with Crippen LogP contribution in [0, 0.1) is 0 Å². The van der Waals surface area contributed by atoms with Gasteiger partial charge in [0.05, 0.1) is 6.54 Å². The smallest absolute Gasteiger partial charge is 0.247 e. The number of benzene rings is 1. The number of aromatic nitrogens is 2.